The summed E-state index contributed by atoms with van der Waals surface area (Å²) >= 11 is 0. The van der Waals surface area contributed by atoms with Gasteiger partial charge in [-0.2, -0.15) is 13.2 Å². The second kappa shape index (κ2) is 6.49. The first-order valence-corrected chi connectivity index (χ1v) is 8.35. The van der Waals surface area contributed by atoms with Crippen LogP contribution in [0.2, 0.25) is 0 Å². The van der Waals surface area contributed by atoms with Crippen molar-refractivity contribution in [3.8, 4) is 0 Å². The van der Waals surface area contributed by atoms with E-state index in [0.717, 1.165) is 17.4 Å². The average Bonchev–Trinajstić information content (AvgIpc) is 2.96. The number of benzene rings is 1. The minimum Gasteiger partial charge on any atom is -0.348 e. The Bertz CT molecular complexity index is 735. The van der Waals surface area contributed by atoms with Crippen LogP contribution in [-0.2, 0) is 11.3 Å². The fourth-order valence-corrected chi connectivity index (χ4v) is 3.51. The van der Waals surface area contributed by atoms with E-state index in [-0.39, 0.29) is 18.7 Å². The molecule has 2 aromatic rings. The summed E-state index contributed by atoms with van der Waals surface area (Å²) in [6, 6.07) is 7.58. The van der Waals surface area contributed by atoms with Crippen LogP contribution in [0.15, 0.2) is 30.5 Å². The summed E-state index contributed by atoms with van der Waals surface area (Å²) in [6.45, 7) is 2.85. The molecule has 3 rings (SSSR count). The summed E-state index contributed by atoms with van der Waals surface area (Å²) in [6.07, 6.45) is -1.25. The van der Waals surface area contributed by atoms with Crippen LogP contribution in [-0.4, -0.2) is 16.7 Å². The molecule has 0 bridgehead atoms. The number of nitrogens with one attached hydrogen (secondary N) is 1. The highest BCUT2D eigenvalue weighted by Crippen LogP contribution is 2.40. The summed E-state index contributed by atoms with van der Waals surface area (Å²) in [4.78, 5) is 12.4. The molecule has 1 aromatic heterocycles. The molecule has 1 amide bonds. The lowest BCUT2D eigenvalue weighted by Gasteiger charge is -2.29. The van der Waals surface area contributed by atoms with Gasteiger partial charge in [0.1, 0.15) is 0 Å². The lowest BCUT2D eigenvalue weighted by atomic mass is 9.80. The van der Waals surface area contributed by atoms with E-state index in [4.69, 9.17) is 0 Å². The number of amides is 1. The summed E-state index contributed by atoms with van der Waals surface area (Å²) in [7, 11) is 0. The molecule has 0 spiro atoms. The molecule has 1 N–H and O–H groups in total. The number of hydrogen-bond donors (Lipinski definition) is 1. The molecule has 3 nitrogen and oxygen atoms in total. The summed E-state index contributed by atoms with van der Waals surface area (Å²) in [5, 5.41) is 3.87. The Morgan fingerprint density at radius 1 is 1.29 bits per heavy atom. The van der Waals surface area contributed by atoms with E-state index >= 15 is 0 Å². The number of fused-ring (bicyclic) bond motifs is 1. The zero-order chi connectivity index (χ0) is 17.3. The lowest BCUT2D eigenvalue weighted by Crippen LogP contribution is -2.34. The third-order valence-electron chi connectivity index (χ3n) is 4.89. The van der Waals surface area contributed by atoms with Crippen molar-refractivity contribution in [3.05, 3.63) is 30.5 Å². The molecule has 24 heavy (non-hydrogen) atoms. The van der Waals surface area contributed by atoms with Crippen molar-refractivity contribution in [1.29, 1.82) is 0 Å². The van der Waals surface area contributed by atoms with Gasteiger partial charge in [-0.05, 0) is 49.8 Å². The molecule has 0 unspecified atom stereocenters. The van der Waals surface area contributed by atoms with E-state index < -0.39 is 18.0 Å². The SMILES string of the molecule is CCn1ccc2ccc(NC(=O)[C@H]3CCC[C@H](C(F)(F)F)C3)cc21. The molecular formula is C18H21F3N2O. The second-order valence-electron chi connectivity index (χ2n) is 6.47. The Balaban J connectivity index is 1.72. The van der Waals surface area contributed by atoms with Gasteiger partial charge in [0.2, 0.25) is 5.91 Å². The van der Waals surface area contributed by atoms with Gasteiger partial charge in [-0.3, -0.25) is 4.79 Å². The van der Waals surface area contributed by atoms with E-state index in [0.29, 0.717) is 18.5 Å². The number of nitrogens with zero attached hydrogens (tertiary/aromatic N) is 1. The molecule has 0 saturated heterocycles. The number of alkyl halides is 3. The largest absolute Gasteiger partial charge is 0.391 e. The second-order valence-corrected chi connectivity index (χ2v) is 6.47. The normalized spacial score (nSPS) is 21.8. The van der Waals surface area contributed by atoms with Gasteiger partial charge in [-0.15, -0.1) is 0 Å². The van der Waals surface area contributed by atoms with Crippen LogP contribution in [0, 0.1) is 11.8 Å². The fraction of sp³-hybridized carbons (Fsp3) is 0.500. The zero-order valence-electron chi connectivity index (χ0n) is 13.6. The van der Waals surface area contributed by atoms with Gasteiger partial charge in [0.05, 0.1) is 11.4 Å². The topological polar surface area (TPSA) is 34.0 Å². The molecule has 1 heterocycles. The van der Waals surface area contributed by atoms with Crippen LogP contribution in [0.1, 0.15) is 32.6 Å². The maximum Gasteiger partial charge on any atom is 0.391 e. The lowest BCUT2D eigenvalue weighted by molar-refractivity contribution is -0.185. The van der Waals surface area contributed by atoms with Crippen molar-refractivity contribution in [2.45, 2.75) is 45.3 Å². The zero-order valence-corrected chi connectivity index (χ0v) is 13.6. The molecular weight excluding hydrogens is 317 g/mol. The van der Waals surface area contributed by atoms with Crippen LogP contribution in [0.3, 0.4) is 0 Å². The van der Waals surface area contributed by atoms with Crippen molar-refractivity contribution in [3.63, 3.8) is 0 Å². The van der Waals surface area contributed by atoms with Gasteiger partial charge in [0.25, 0.3) is 0 Å². The standard InChI is InChI=1S/C18H21F3N2O/c1-2-23-9-8-12-6-7-15(11-16(12)23)22-17(24)13-4-3-5-14(10-13)18(19,20)21/h6-9,11,13-14H,2-5,10H2,1H3,(H,22,24)/t13-,14-/m0/s1. The highest BCUT2D eigenvalue weighted by molar-refractivity contribution is 5.95. The van der Waals surface area contributed by atoms with E-state index in [1.165, 1.54) is 0 Å². The third-order valence-corrected chi connectivity index (χ3v) is 4.89. The molecule has 1 saturated carbocycles. The fourth-order valence-electron chi connectivity index (χ4n) is 3.51. The molecule has 1 aliphatic rings. The summed E-state index contributed by atoms with van der Waals surface area (Å²) in [5.41, 5.74) is 1.64. The van der Waals surface area contributed by atoms with Crippen molar-refractivity contribution in [2.75, 3.05) is 5.32 Å². The van der Waals surface area contributed by atoms with Gasteiger partial charge < -0.3 is 9.88 Å². The number of halogens is 3. The van der Waals surface area contributed by atoms with E-state index in [2.05, 4.69) is 9.88 Å². The molecule has 1 fully saturated rings. The van der Waals surface area contributed by atoms with Crippen LogP contribution in [0.4, 0.5) is 18.9 Å². The molecule has 130 valence electrons. The summed E-state index contributed by atoms with van der Waals surface area (Å²) < 4.78 is 40.7. The molecule has 0 aliphatic heterocycles. The van der Waals surface area contributed by atoms with E-state index in [1.54, 1.807) is 6.07 Å². The number of aryl methyl sites for hydroxylation is 1. The first-order chi connectivity index (χ1) is 11.4. The van der Waals surface area contributed by atoms with Gasteiger partial charge >= 0.3 is 6.18 Å². The Morgan fingerprint density at radius 3 is 2.79 bits per heavy atom. The molecule has 0 radical (unpaired) electrons. The van der Waals surface area contributed by atoms with Crippen molar-refractivity contribution >= 4 is 22.5 Å². The number of carbonyl (C=O) groups excluding carboxylic acids is 1. The van der Waals surface area contributed by atoms with Gasteiger partial charge in [-0.25, -0.2) is 0 Å². The third kappa shape index (κ3) is 3.42. The molecule has 6 heteroatoms. The number of hydrogen-bond acceptors (Lipinski definition) is 1. The predicted molar refractivity (Wildman–Crippen MR) is 87.7 cm³/mol. The predicted octanol–water partition coefficient (Wildman–Crippen LogP) is 4.97. The molecule has 2 atom stereocenters. The highest BCUT2D eigenvalue weighted by atomic mass is 19.4. The minimum atomic E-state index is -4.21. The van der Waals surface area contributed by atoms with Crippen molar-refractivity contribution < 1.29 is 18.0 Å². The van der Waals surface area contributed by atoms with Gasteiger partial charge in [-0.1, -0.05) is 12.5 Å². The van der Waals surface area contributed by atoms with Crippen LogP contribution in [0.25, 0.3) is 10.9 Å². The first-order valence-electron chi connectivity index (χ1n) is 8.35. The smallest absolute Gasteiger partial charge is 0.348 e. The van der Waals surface area contributed by atoms with Crippen molar-refractivity contribution in [1.82, 2.24) is 4.57 Å². The Hall–Kier alpha value is -1.98. The Labute approximate surface area is 138 Å². The van der Waals surface area contributed by atoms with Crippen LogP contribution < -0.4 is 5.32 Å². The van der Waals surface area contributed by atoms with Crippen LogP contribution >= 0.6 is 0 Å². The van der Waals surface area contributed by atoms with E-state index in [9.17, 15) is 18.0 Å². The Kier molecular flexibility index (Phi) is 4.56. The molecule has 1 aromatic carbocycles. The number of anilines is 1. The number of carbonyl (C=O) groups is 1. The van der Waals surface area contributed by atoms with Gasteiger partial charge in [0.15, 0.2) is 0 Å². The number of rotatable bonds is 3. The Morgan fingerprint density at radius 2 is 2.08 bits per heavy atom. The first kappa shape index (κ1) is 16.9. The maximum atomic E-state index is 12.9. The van der Waals surface area contributed by atoms with Crippen molar-refractivity contribution in [2.24, 2.45) is 11.8 Å². The maximum absolute atomic E-state index is 12.9. The van der Waals surface area contributed by atoms with E-state index in [1.807, 2.05) is 31.3 Å². The minimum absolute atomic E-state index is 0.108. The van der Waals surface area contributed by atoms with Gasteiger partial charge in [0, 0.05) is 24.3 Å². The highest BCUT2D eigenvalue weighted by Gasteiger charge is 2.43. The van der Waals surface area contributed by atoms with Crippen LogP contribution in [0.5, 0.6) is 0 Å². The summed E-state index contributed by atoms with van der Waals surface area (Å²) in [5.74, 6) is -2.24. The number of aromatic nitrogens is 1. The quantitative estimate of drug-likeness (QED) is 0.842. The average molecular weight is 338 g/mol. The monoisotopic (exact) mass is 338 g/mol. The molecule has 1 aliphatic carbocycles.